The third kappa shape index (κ3) is 3.01. The Hall–Kier alpha value is -0.960. The highest BCUT2D eigenvalue weighted by Gasteiger charge is 2.20. The predicted molar refractivity (Wildman–Crippen MR) is 62.5 cm³/mol. The Morgan fingerprint density at radius 3 is 2.25 bits per heavy atom. The van der Waals surface area contributed by atoms with E-state index in [-0.39, 0.29) is 17.5 Å². The summed E-state index contributed by atoms with van der Waals surface area (Å²) in [5.74, 6) is -1.09. The molecule has 0 aromatic heterocycles. The maximum Gasteiger partial charge on any atom is 0.129 e. The zero-order valence-corrected chi connectivity index (χ0v) is 10.1. The number of hydrogen-bond donors (Lipinski definition) is 1. The lowest BCUT2D eigenvalue weighted by atomic mass is 9.93. The Morgan fingerprint density at radius 2 is 1.75 bits per heavy atom. The highest BCUT2D eigenvalue weighted by molar-refractivity contribution is 5.24. The van der Waals surface area contributed by atoms with Gasteiger partial charge in [-0.1, -0.05) is 19.9 Å². The molecule has 2 atom stereocenters. The lowest BCUT2D eigenvalue weighted by molar-refractivity contribution is 0.445. The molecule has 0 aliphatic heterocycles. The third-order valence-corrected chi connectivity index (χ3v) is 2.92. The summed E-state index contributed by atoms with van der Waals surface area (Å²) in [6, 6.07) is 4.07. The maximum absolute atomic E-state index is 13.5. The van der Waals surface area contributed by atoms with Crippen molar-refractivity contribution in [3.63, 3.8) is 0 Å². The van der Waals surface area contributed by atoms with Gasteiger partial charge >= 0.3 is 0 Å². The molecule has 0 bridgehead atoms. The van der Waals surface area contributed by atoms with E-state index >= 15 is 0 Å². The van der Waals surface area contributed by atoms with Gasteiger partial charge in [-0.15, -0.1) is 0 Å². The van der Waals surface area contributed by atoms with Crippen LogP contribution in [-0.2, 0) is 0 Å². The number of benzene rings is 1. The van der Waals surface area contributed by atoms with Crippen molar-refractivity contribution in [3.05, 3.63) is 35.4 Å². The van der Waals surface area contributed by atoms with Gasteiger partial charge in [-0.25, -0.2) is 8.78 Å². The Morgan fingerprint density at radius 1 is 1.19 bits per heavy atom. The van der Waals surface area contributed by atoms with Crippen molar-refractivity contribution in [3.8, 4) is 0 Å². The molecule has 0 saturated carbocycles. The molecule has 90 valence electrons. The molecular weight excluding hydrogens is 208 g/mol. The monoisotopic (exact) mass is 227 g/mol. The van der Waals surface area contributed by atoms with Gasteiger partial charge in [0.1, 0.15) is 11.6 Å². The summed E-state index contributed by atoms with van der Waals surface area (Å²) < 4.78 is 27.0. The fourth-order valence-electron chi connectivity index (χ4n) is 1.74. The molecule has 2 unspecified atom stereocenters. The van der Waals surface area contributed by atoms with E-state index in [9.17, 15) is 8.78 Å². The molecular formula is C13H19F2N. The van der Waals surface area contributed by atoms with Crippen LogP contribution in [0, 0.1) is 11.6 Å². The average Bonchev–Trinajstić information content (AvgIpc) is 2.25. The first-order valence-corrected chi connectivity index (χ1v) is 5.75. The van der Waals surface area contributed by atoms with Crippen LogP contribution < -0.4 is 5.32 Å². The highest BCUT2D eigenvalue weighted by Crippen LogP contribution is 2.24. The van der Waals surface area contributed by atoms with Gasteiger partial charge in [0.15, 0.2) is 0 Å². The van der Waals surface area contributed by atoms with Crippen molar-refractivity contribution < 1.29 is 8.78 Å². The van der Waals surface area contributed by atoms with Crippen LogP contribution in [0.2, 0.25) is 0 Å². The maximum atomic E-state index is 13.5. The van der Waals surface area contributed by atoms with Crippen LogP contribution in [0.3, 0.4) is 0 Å². The minimum absolute atomic E-state index is 0.0614. The number of rotatable bonds is 5. The highest BCUT2D eigenvalue weighted by atomic mass is 19.1. The molecule has 16 heavy (non-hydrogen) atoms. The SMILES string of the molecule is CCCNC(C)C(C)c1c(F)cccc1F. The zero-order valence-electron chi connectivity index (χ0n) is 10.1. The lowest BCUT2D eigenvalue weighted by Crippen LogP contribution is -2.32. The molecule has 3 heteroatoms. The molecule has 1 rings (SSSR count). The first-order valence-electron chi connectivity index (χ1n) is 5.75. The van der Waals surface area contributed by atoms with E-state index in [0.29, 0.717) is 0 Å². The molecule has 1 aromatic carbocycles. The molecule has 0 heterocycles. The van der Waals surface area contributed by atoms with E-state index in [0.717, 1.165) is 13.0 Å². The molecule has 0 fully saturated rings. The lowest BCUT2D eigenvalue weighted by Gasteiger charge is -2.22. The van der Waals surface area contributed by atoms with Crippen LogP contribution in [0.25, 0.3) is 0 Å². The fraction of sp³-hybridized carbons (Fsp3) is 0.538. The predicted octanol–water partition coefficient (Wildman–Crippen LogP) is 3.46. The number of halogens is 2. The molecule has 0 aliphatic rings. The van der Waals surface area contributed by atoms with Gasteiger partial charge < -0.3 is 5.32 Å². The summed E-state index contributed by atoms with van der Waals surface area (Å²) in [5.41, 5.74) is 0.179. The second kappa shape index (κ2) is 5.94. The molecule has 1 nitrogen and oxygen atoms in total. The normalized spacial score (nSPS) is 14.8. The van der Waals surface area contributed by atoms with E-state index < -0.39 is 11.6 Å². The van der Waals surface area contributed by atoms with Crippen molar-refractivity contribution >= 4 is 0 Å². The Labute approximate surface area is 95.9 Å². The van der Waals surface area contributed by atoms with Crippen molar-refractivity contribution in [1.82, 2.24) is 5.32 Å². The quantitative estimate of drug-likeness (QED) is 0.812. The summed E-state index contributed by atoms with van der Waals surface area (Å²) in [7, 11) is 0. The molecule has 0 spiro atoms. The van der Waals surface area contributed by atoms with E-state index in [1.807, 2.05) is 13.8 Å². The Kier molecular flexibility index (Phi) is 4.87. The Balaban J connectivity index is 2.82. The molecule has 0 radical (unpaired) electrons. The van der Waals surface area contributed by atoms with E-state index in [1.165, 1.54) is 18.2 Å². The first-order chi connectivity index (χ1) is 7.57. The van der Waals surface area contributed by atoms with Crippen LogP contribution in [0.5, 0.6) is 0 Å². The van der Waals surface area contributed by atoms with Gasteiger partial charge in [-0.2, -0.15) is 0 Å². The van der Waals surface area contributed by atoms with Crippen molar-refractivity contribution in [2.75, 3.05) is 6.54 Å². The van der Waals surface area contributed by atoms with Gasteiger partial charge in [-0.3, -0.25) is 0 Å². The second-order valence-corrected chi connectivity index (χ2v) is 4.17. The van der Waals surface area contributed by atoms with E-state index in [4.69, 9.17) is 0 Å². The van der Waals surface area contributed by atoms with Crippen LogP contribution >= 0.6 is 0 Å². The largest absolute Gasteiger partial charge is 0.314 e. The van der Waals surface area contributed by atoms with Gasteiger partial charge in [0.2, 0.25) is 0 Å². The first kappa shape index (κ1) is 13.1. The second-order valence-electron chi connectivity index (χ2n) is 4.17. The van der Waals surface area contributed by atoms with E-state index in [1.54, 1.807) is 0 Å². The minimum Gasteiger partial charge on any atom is -0.314 e. The standard InChI is InChI=1S/C13H19F2N/c1-4-8-16-10(3)9(2)13-11(14)6-5-7-12(13)15/h5-7,9-10,16H,4,8H2,1-3H3. The van der Waals surface area contributed by atoms with Gasteiger partial charge in [0.25, 0.3) is 0 Å². The van der Waals surface area contributed by atoms with Gasteiger partial charge in [-0.05, 0) is 32.0 Å². The molecule has 1 aromatic rings. The molecule has 1 N–H and O–H groups in total. The van der Waals surface area contributed by atoms with Crippen LogP contribution in [0.15, 0.2) is 18.2 Å². The molecule has 0 aliphatic carbocycles. The summed E-state index contributed by atoms with van der Waals surface area (Å²) >= 11 is 0. The molecule has 0 saturated heterocycles. The third-order valence-electron chi connectivity index (χ3n) is 2.92. The van der Waals surface area contributed by atoms with Crippen LogP contribution in [-0.4, -0.2) is 12.6 Å². The van der Waals surface area contributed by atoms with Crippen LogP contribution in [0.1, 0.15) is 38.7 Å². The Bertz CT molecular complexity index is 318. The van der Waals surface area contributed by atoms with Gasteiger partial charge in [0.05, 0.1) is 0 Å². The fourth-order valence-corrected chi connectivity index (χ4v) is 1.74. The average molecular weight is 227 g/mol. The van der Waals surface area contributed by atoms with E-state index in [2.05, 4.69) is 12.2 Å². The van der Waals surface area contributed by atoms with Crippen molar-refractivity contribution in [2.45, 2.75) is 39.2 Å². The van der Waals surface area contributed by atoms with Crippen LogP contribution in [0.4, 0.5) is 8.78 Å². The summed E-state index contributed by atoms with van der Waals surface area (Å²) in [6.07, 6.45) is 1.01. The summed E-state index contributed by atoms with van der Waals surface area (Å²) in [4.78, 5) is 0. The topological polar surface area (TPSA) is 12.0 Å². The van der Waals surface area contributed by atoms with Gasteiger partial charge in [0, 0.05) is 17.5 Å². The number of nitrogens with one attached hydrogen (secondary N) is 1. The van der Waals surface area contributed by atoms with Crippen molar-refractivity contribution in [1.29, 1.82) is 0 Å². The minimum atomic E-state index is -0.461. The zero-order chi connectivity index (χ0) is 12.1. The summed E-state index contributed by atoms with van der Waals surface area (Å²) in [6.45, 7) is 6.72. The molecule has 0 amide bonds. The smallest absolute Gasteiger partial charge is 0.129 e. The summed E-state index contributed by atoms with van der Waals surface area (Å²) in [5, 5.41) is 3.25. The number of hydrogen-bond acceptors (Lipinski definition) is 1. The van der Waals surface area contributed by atoms with Crippen molar-refractivity contribution in [2.24, 2.45) is 0 Å².